The molecule has 1 nitrogen and oxygen atoms in total. The Kier molecular flexibility index (Phi) is 16.4. The van der Waals surface area contributed by atoms with Crippen LogP contribution in [0.1, 0.15) is 112 Å². The van der Waals surface area contributed by atoms with Crippen molar-refractivity contribution in [2.45, 2.75) is 112 Å². The van der Waals surface area contributed by atoms with Gasteiger partial charge in [0.2, 0.25) is 0 Å². The van der Waals surface area contributed by atoms with Gasteiger partial charge in [0, 0.05) is 0 Å². The maximum atomic E-state index is 3.51. The Labute approximate surface area is 154 Å². The van der Waals surface area contributed by atoms with Crippen molar-refractivity contribution >= 4 is 0 Å². The number of unbranched alkanes of at least 4 members (excludes halogenated alkanes) is 3. The van der Waals surface area contributed by atoms with Crippen molar-refractivity contribution in [1.29, 1.82) is 0 Å². The fraction of sp³-hybridized carbons (Fsp3) is 1.00. The molecular formula is C23H49N. The standard InChI is InChI=1S/C10H19N.C9H20.C4H10/c1-2-8-3-4-9-6-11-7-10(9)5-8;1-4-6-7-8-9(3)5-2;1-3-4-2/h8-11H,2-7H2,1H3;9H,4-8H2,1-3H3;3-4H2,1-2H3. The average Bonchev–Trinajstić information content (AvgIpc) is 3.10. The lowest BCUT2D eigenvalue weighted by Gasteiger charge is -2.30. The predicted molar refractivity (Wildman–Crippen MR) is 112 cm³/mol. The van der Waals surface area contributed by atoms with E-state index in [4.69, 9.17) is 0 Å². The molecule has 0 aromatic carbocycles. The zero-order chi connectivity index (χ0) is 18.2. The predicted octanol–water partition coefficient (Wildman–Crippen LogP) is 7.45. The van der Waals surface area contributed by atoms with Gasteiger partial charge in [-0.05, 0) is 49.6 Å². The van der Waals surface area contributed by atoms with E-state index in [9.17, 15) is 0 Å². The zero-order valence-electron chi connectivity index (χ0n) is 18.0. The Bertz CT molecular complexity index is 248. The number of fused-ring (bicyclic) bond motifs is 1. The van der Waals surface area contributed by atoms with E-state index in [1.165, 1.54) is 83.7 Å². The van der Waals surface area contributed by atoms with E-state index < -0.39 is 0 Å². The van der Waals surface area contributed by atoms with Gasteiger partial charge in [-0.1, -0.05) is 99.3 Å². The molecule has 24 heavy (non-hydrogen) atoms. The molecule has 0 aromatic heterocycles. The molecule has 1 heteroatoms. The summed E-state index contributed by atoms with van der Waals surface area (Å²) >= 11 is 0. The van der Waals surface area contributed by atoms with Crippen LogP contribution in [-0.2, 0) is 0 Å². The molecule has 1 aliphatic carbocycles. The van der Waals surface area contributed by atoms with Crippen LogP contribution in [0.15, 0.2) is 0 Å². The van der Waals surface area contributed by atoms with Crippen LogP contribution in [0.2, 0.25) is 0 Å². The van der Waals surface area contributed by atoms with E-state index in [-0.39, 0.29) is 0 Å². The van der Waals surface area contributed by atoms with Gasteiger partial charge >= 0.3 is 0 Å². The number of hydrogen-bond acceptors (Lipinski definition) is 1. The Hall–Kier alpha value is -0.0400. The quantitative estimate of drug-likeness (QED) is 0.475. The lowest BCUT2D eigenvalue weighted by Crippen LogP contribution is -2.22. The van der Waals surface area contributed by atoms with Gasteiger partial charge in [0.05, 0.1) is 0 Å². The maximum absolute atomic E-state index is 3.51. The van der Waals surface area contributed by atoms with Crippen LogP contribution in [-0.4, -0.2) is 13.1 Å². The molecule has 0 radical (unpaired) electrons. The van der Waals surface area contributed by atoms with E-state index >= 15 is 0 Å². The summed E-state index contributed by atoms with van der Waals surface area (Å²) in [4.78, 5) is 0. The largest absolute Gasteiger partial charge is 0.316 e. The van der Waals surface area contributed by atoms with Crippen LogP contribution < -0.4 is 5.32 Å². The monoisotopic (exact) mass is 339 g/mol. The lowest BCUT2D eigenvalue weighted by atomic mass is 9.75. The summed E-state index contributed by atoms with van der Waals surface area (Å²) in [6, 6.07) is 0. The molecule has 1 heterocycles. The SMILES string of the molecule is CCC1CCC2CNCC2C1.CCCC.CCCCCC(C)CC. The molecule has 0 aromatic rings. The lowest BCUT2D eigenvalue weighted by molar-refractivity contribution is 0.220. The first-order chi connectivity index (χ1) is 11.6. The fourth-order valence-corrected chi connectivity index (χ4v) is 3.71. The molecule has 1 saturated carbocycles. The highest BCUT2D eigenvalue weighted by atomic mass is 14.9. The van der Waals surface area contributed by atoms with E-state index in [0.717, 1.165) is 23.7 Å². The van der Waals surface area contributed by atoms with Gasteiger partial charge in [0.25, 0.3) is 0 Å². The van der Waals surface area contributed by atoms with Crippen LogP contribution in [0.4, 0.5) is 0 Å². The van der Waals surface area contributed by atoms with Gasteiger partial charge in [-0.25, -0.2) is 0 Å². The fourth-order valence-electron chi connectivity index (χ4n) is 3.71. The Balaban J connectivity index is 0.000000369. The highest BCUT2D eigenvalue weighted by Gasteiger charge is 2.32. The molecule has 2 aliphatic rings. The molecule has 146 valence electrons. The van der Waals surface area contributed by atoms with Crippen molar-refractivity contribution in [2.75, 3.05) is 13.1 Å². The molecule has 4 atom stereocenters. The van der Waals surface area contributed by atoms with Crippen molar-refractivity contribution < 1.29 is 0 Å². The molecule has 0 amide bonds. The van der Waals surface area contributed by atoms with Gasteiger partial charge in [-0.2, -0.15) is 0 Å². The number of rotatable bonds is 7. The Morgan fingerprint density at radius 1 is 0.833 bits per heavy atom. The van der Waals surface area contributed by atoms with Gasteiger partial charge in [-0.15, -0.1) is 0 Å². The van der Waals surface area contributed by atoms with E-state index in [2.05, 4.69) is 46.9 Å². The molecule has 2 fully saturated rings. The zero-order valence-corrected chi connectivity index (χ0v) is 18.0. The van der Waals surface area contributed by atoms with Crippen LogP contribution in [0, 0.1) is 23.7 Å². The van der Waals surface area contributed by atoms with Crippen molar-refractivity contribution in [3.8, 4) is 0 Å². The van der Waals surface area contributed by atoms with Gasteiger partial charge in [0.1, 0.15) is 0 Å². The van der Waals surface area contributed by atoms with Crippen molar-refractivity contribution in [3.63, 3.8) is 0 Å². The summed E-state index contributed by atoms with van der Waals surface area (Å²) in [5.74, 6) is 4.08. The smallest absolute Gasteiger partial charge is 0.00172 e. The molecule has 4 unspecified atom stereocenters. The second-order valence-electron chi connectivity index (χ2n) is 8.27. The normalized spacial score (nSPS) is 26.5. The summed E-state index contributed by atoms with van der Waals surface area (Å²) in [5, 5.41) is 3.51. The van der Waals surface area contributed by atoms with Crippen LogP contribution in [0.25, 0.3) is 0 Å². The topological polar surface area (TPSA) is 12.0 Å². The van der Waals surface area contributed by atoms with Crippen LogP contribution in [0.5, 0.6) is 0 Å². The third kappa shape index (κ3) is 11.5. The van der Waals surface area contributed by atoms with Crippen molar-refractivity contribution in [3.05, 3.63) is 0 Å². The second-order valence-corrected chi connectivity index (χ2v) is 8.27. The summed E-state index contributed by atoms with van der Waals surface area (Å²) in [7, 11) is 0. The third-order valence-electron chi connectivity index (χ3n) is 6.14. The third-order valence-corrected chi connectivity index (χ3v) is 6.14. The first-order valence-electron chi connectivity index (χ1n) is 11.3. The first kappa shape index (κ1) is 24.0. The number of hydrogen-bond donors (Lipinski definition) is 1. The van der Waals surface area contributed by atoms with Crippen molar-refractivity contribution in [1.82, 2.24) is 5.32 Å². The average molecular weight is 340 g/mol. The minimum Gasteiger partial charge on any atom is -0.316 e. The minimum absolute atomic E-state index is 0.955. The minimum atomic E-state index is 0.955. The second kappa shape index (κ2) is 16.4. The highest BCUT2D eigenvalue weighted by molar-refractivity contribution is 4.86. The first-order valence-corrected chi connectivity index (χ1v) is 11.3. The van der Waals surface area contributed by atoms with Crippen LogP contribution in [0.3, 0.4) is 0 Å². The summed E-state index contributed by atoms with van der Waals surface area (Å²) in [5.41, 5.74) is 0. The molecule has 2 rings (SSSR count). The maximum Gasteiger partial charge on any atom is -0.00172 e. The van der Waals surface area contributed by atoms with Gasteiger partial charge < -0.3 is 5.32 Å². The van der Waals surface area contributed by atoms with Crippen molar-refractivity contribution in [2.24, 2.45) is 23.7 Å². The molecule has 1 saturated heterocycles. The van der Waals surface area contributed by atoms with Gasteiger partial charge in [-0.3, -0.25) is 0 Å². The highest BCUT2D eigenvalue weighted by Crippen LogP contribution is 2.36. The van der Waals surface area contributed by atoms with Crippen LogP contribution >= 0.6 is 0 Å². The summed E-state index contributed by atoms with van der Waals surface area (Å²) in [6.07, 6.45) is 15.5. The molecule has 0 spiro atoms. The molecule has 1 N–H and O–H groups in total. The molecule has 0 bridgehead atoms. The summed E-state index contributed by atoms with van der Waals surface area (Å²) < 4.78 is 0. The Morgan fingerprint density at radius 2 is 1.50 bits per heavy atom. The van der Waals surface area contributed by atoms with E-state index in [1.807, 2.05) is 0 Å². The summed E-state index contributed by atoms with van der Waals surface area (Å²) in [6.45, 7) is 16.2. The van der Waals surface area contributed by atoms with E-state index in [1.54, 1.807) is 0 Å². The Morgan fingerprint density at radius 3 is 2.04 bits per heavy atom. The molecular weight excluding hydrogens is 290 g/mol. The van der Waals surface area contributed by atoms with E-state index in [0.29, 0.717) is 0 Å². The molecule has 1 aliphatic heterocycles. The van der Waals surface area contributed by atoms with Gasteiger partial charge in [0.15, 0.2) is 0 Å². The number of nitrogens with one attached hydrogen (secondary N) is 1.